The monoisotopic (exact) mass is 259 g/mol. The second kappa shape index (κ2) is 4.85. The summed E-state index contributed by atoms with van der Waals surface area (Å²) in [5.41, 5.74) is 0.872. The Morgan fingerprint density at radius 1 is 1.17 bits per heavy atom. The zero-order valence-corrected chi connectivity index (χ0v) is 10.1. The van der Waals surface area contributed by atoms with Gasteiger partial charge in [-0.3, -0.25) is 9.71 Å². The van der Waals surface area contributed by atoms with Crippen molar-refractivity contribution in [3.63, 3.8) is 0 Å². The van der Waals surface area contributed by atoms with E-state index in [1.54, 1.807) is 18.2 Å². The van der Waals surface area contributed by atoms with E-state index in [0.29, 0.717) is 11.3 Å². The minimum atomic E-state index is -3.63. The molecule has 0 unspecified atom stereocenters. The van der Waals surface area contributed by atoms with Crippen molar-refractivity contribution in [2.24, 2.45) is 0 Å². The minimum Gasteiger partial charge on any atom is -0.280 e. The molecule has 6 heteroatoms. The molecule has 0 aliphatic heterocycles. The van der Waals surface area contributed by atoms with Crippen molar-refractivity contribution in [2.75, 3.05) is 4.72 Å². The molecule has 5 nitrogen and oxygen atoms in total. The zero-order chi connectivity index (χ0) is 13.0. The number of hydrogen-bond donors (Lipinski definition) is 1. The number of nitrogens with zero attached hydrogens (tertiary/aromatic N) is 2. The molecule has 1 aromatic carbocycles. The fourth-order valence-corrected chi connectivity index (χ4v) is 2.35. The molecule has 0 radical (unpaired) electrons. The highest BCUT2D eigenvalue weighted by molar-refractivity contribution is 7.92. The molecule has 2 aromatic rings. The molecule has 0 aliphatic carbocycles. The van der Waals surface area contributed by atoms with Gasteiger partial charge in [-0.2, -0.15) is 5.26 Å². The Morgan fingerprint density at radius 3 is 2.44 bits per heavy atom. The lowest BCUT2D eigenvalue weighted by molar-refractivity contribution is 0.601. The van der Waals surface area contributed by atoms with Crippen molar-refractivity contribution in [1.82, 2.24) is 4.98 Å². The summed E-state index contributed by atoms with van der Waals surface area (Å²) in [4.78, 5) is 3.85. The van der Waals surface area contributed by atoms with Crippen LogP contribution in [0.3, 0.4) is 0 Å². The lowest BCUT2D eigenvalue weighted by atomic mass is 10.2. The molecule has 0 spiro atoms. The molecule has 0 fully saturated rings. The van der Waals surface area contributed by atoms with Gasteiger partial charge in [-0.15, -0.1) is 0 Å². The highest BCUT2D eigenvalue weighted by Gasteiger charge is 2.13. The van der Waals surface area contributed by atoms with Gasteiger partial charge in [0.1, 0.15) is 4.90 Å². The van der Waals surface area contributed by atoms with Crippen LogP contribution in [0, 0.1) is 11.3 Å². The lowest BCUT2D eigenvalue weighted by Crippen LogP contribution is -2.12. The fraction of sp³-hybridized carbons (Fsp3) is 0. The van der Waals surface area contributed by atoms with Gasteiger partial charge >= 0.3 is 0 Å². The van der Waals surface area contributed by atoms with Crippen LogP contribution < -0.4 is 4.72 Å². The first kappa shape index (κ1) is 12.1. The van der Waals surface area contributed by atoms with E-state index in [9.17, 15) is 8.42 Å². The normalized spacial score (nSPS) is 10.6. The third-order valence-electron chi connectivity index (χ3n) is 2.21. The van der Waals surface area contributed by atoms with Crippen LogP contribution >= 0.6 is 0 Å². The van der Waals surface area contributed by atoms with Gasteiger partial charge in [0.25, 0.3) is 10.0 Å². The van der Waals surface area contributed by atoms with E-state index in [4.69, 9.17) is 5.26 Å². The SMILES string of the molecule is N#Cc1ccc(NS(=O)(=O)c2cccnc2)cc1. The number of aromatic nitrogens is 1. The molecule has 18 heavy (non-hydrogen) atoms. The topological polar surface area (TPSA) is 82.9 Å². The van der Waals surface area contributed by atoms with Crippen molar-refractivity contribution in [3.8, 4) is 6.07 Å². The summed E-state index contributed by atoms with van der Waals surface area (Å²) < 4.78 is 26.3. The molecule has 1 aromatic heterocycles. The highest BCUT2D eigenvalue weighted by Crippen LogP contribution is 2.15. The van der Waals surface area contributed by atoms with Gasteiger partial charge < -0.3 is 0 Å². The van der Waals surface area contributed by atoms with Crippen LogP contribution in [0.25, 0.3) is 0 Å². The Hall–Kier alpha value is -2.39. The molecule has 0 saturated heterocycles. The van der Waals surface area contributed by atoms with E-state index < -0.39 is 10.0 Å². The summed E-state index contributed by atoms with van der Waals surface area (Å²) in [6, 6.07) is 11.1. The van der Waals surface area contributed by atoms with E-state index in [1.165, 1.54) is 30.6 Å². The standard InChI is InChI=1S/C12H9N3O2S/c13-8-10-3-5-11(6-4-10)15-18(16,17)12-2-1-7-14-9-12/h1-7,9,15H. The summed E-state index contributed by atoms with van der Waals surface area (Å²) in [7, 11) is -3.63. The predicted molar refractivity (Wildman–Crippen MR) is 66.2 cm³/mol. The van der Waals surface area contributed by atoms with Gasteiger partial charge in [0.05, 0.1) is 11.6 Å². The minimum absolute atomic E-state index is 0.0920. The van der Waals surface area contributed by atoms with Gasteiger partial charge in [-0.05, 0) is 36.4 Å². The number of sulfonamides is 1. The zero-order valence-electron chi connectivity index (χ0n) is 9.24. The molecular formula is C12H9N3O2S. The number of nitriles is 1. The average molecular weight is 259 g/mol. The van der Waals surface area contributed by atoms with Gasteiger partial charge in [0, 0.05) is 18.1 Å². The Bertz CT molecular complexity index is 674. The Kier molecular flexibility index (Phi) is 3.26. The lowest BCUT2D eigenvalue weighted by Gasteiger charge is -2.07. The third-order valence-corrected chi connectivity index (χ3v) is 3.58. The highest BCUT2D eigenvalue weighted by atomic mass is 32.2. The van der Waals surface area contributed by atoms with Crippen LogP contribution in [-0.4, -0.2) is 13.4 Å². The van der Waals surface area contributed by atoms with Gasteiger partial charge in [0.15, 0.2) is 0 Å². The summed E-state index contributed by atoms with van der Waals surface area (Å²) >= 11 is 0. The largest absolute Gasteiger partial charge is 0.280 e. The van der Waals surface area contributed by atoms with Crippen LogP contribution in [0.2, 0.25) is 0 Å². The summed E-state index contributed by atoms with van der Waals surface area (Å²) in [5, 5.41) is 8.64. The van der Waals surface area contributed by atoms with Gasteiger partial charge in [-0.1, -0.05) is 0 Å². The van der Waals surface area contributed by atoms with Crippen LogP contribution in [0.15, 0.2) is 53.7 Å². The first-order valence-corrected chi connectivity index (χ1v) is 6.53. The van der Waals surface area contributed by atoms with Gasteiger partial charge in [-0.25, -0.2) is 8.42 Å². The van der Waals surface area contributed by atoms with Crippen molar-refractivity contribution < 1.29 is 8.42 Å². The number of nitrogens with one attached hydrogen (secondary N) is 1. The van der Waals surface area contributed by atoms with E-state index in [1.807, 2.05) is 6.07 Å². The molecule has 90 valence electrons. The van der Waals surface area contributed by atoms with Crippen LogP contribution in [0.4, 0.5) is 5.69 Å². The summed E-state index contributed by atoms with van der Waals surface area (Å²) in [6.45, 7) is 0. The summed E-state index contributed by atoms with van der Waals surface area (Å²) in [5.74, 6) is 0. The smallest absolute Gasteiger partial charge is 0.263 e. The third kappa shape index (κ3) is 2.64. The van der Waals surface area contributed by atoms with E-state index in [-0.39, 0.29) is 4.90 Å². The second-order valence-electron chi connectivity index (χ2n) is 3.48. The Balaban J connectivity index is 2.26. The number of rotatable bonds is 3. The quantitative estimate of drug-likeness (QED) is 0.910. The Labute approximate surface area is 105 Å². The first-order chi connectivity index (χ1) is 8.62. The van der Waals surface area contributed by atoms with E-state index in [0.717, 1.165) is 0 Å². The molecule has 0 amide bonds. The predicted octanol–water partition coefficient (Wildman–Crippen LogP) is 1.75. The fourth-order valence-electron chi connectivity index (χ4n) is 1.33. The molecule has 0 bridgehead atoms. The maximum absolute atomic E-state index is 11.9. The first-order valence-electron chi connectivity index (χ1n) is 5.05. The maximum Gasteiger partial charge on any atom is 0.263 e. The van der Waals surface area contributed by atoms with Crippen molar-refractivity contribution >= 4 is 15.7 Å². The summed E-state index contributed by atoms with van der Waals surface area (Å²) in [6.07, 6.45) is 2.77. The molecule has 1 N–H and O–H groups in total. The molecule has 0 saturated carbocycles. The number of benzene rings is 1. The number of pyridine rings is 1. The van der Waals surface area contributed by atoms with Crippen molar-refractivity contribution in [3.05, 3.63) is 54.4 Å². The molecule has 0 atom stereocenters. The Morgan fingerprint density at radius 2 is 1.89 bits per heavy atom. The second-order valence-corrected chi connectivity index (χ2v) is 5.17. The average Bonchev–Trinajstić information content (AvgIpc) is 2.40. The number of hydrogen-bond acceptors (Lipinski definition) is 4. The van der Waals surface area contributed by atoms with E-state index >= 15 is 0 Å². The molecule has 1 heterocycles. The maximum atomic E-state index is 11.9. The van der Waals surface area contributed by atoms with Gasteiger partial charge in [0.2, 0.25) is 0 Å². The molecular weight excluding hydrogens is 250 g/mol. The molecule has 2 rings (SSSR count). The van der Waals surface area contributed by atoms with Crippen LogP contribution in [0.1, 0.15) is 5.56 Å². The molecule has 0 aliphatic rings. The van der Waals surface area contributed by atoms with Crippen molar-refractivity contribution in [2.45, 2.75) is 4.90 Å². The van der Waals surface area contributed by atoms with Crippen molar-refractivity contribution in [1.29, 1.82) is 5.26 Å². The van der Waals surface area contributed by atoms with Crippen LogP contribution in [-0.2, 0) is 10.0 Å². The van der Waals surface area contributed by atoms with E-state index in [2.05, 4.69) is 9.71 Å². The number of anilines is 1. The van der Waals surface area contributed by atoms with Crippen LogP contribution in [0.5, 0.6) is 0 Å².